The molecular weight excluding hydrogens is 318 g/mol. The third-order valence-electron chi connectivity index (χ3n) is 6.06. The third-order valence-corrected chi connectivity index (χ3v) is 6.06. The first-order valence-electron chi connectivity index (χ1n) is 9.53. The molecule has 1 N–H and O–H groups in total. The summed E-state index contributed by atoms with van der Waals surface area (Å²) < 4.78 is 11.2. The van der Waals surface area contributed by atoms with Gasteiger partial charge in [0.15, 0.2) is 0 Å². The van der Waals surface area contributed by atoms with Crippen molar-refractivity contribution in [3.63, 3.8) is 0 Å². The number of rotatable bonds is 4. The summed E-state index contributed by atoms with van der Waals surface area (Å²) >= 11 is 0. The zero-order valence-electron chi connectivity index (χ0n) is 15.5. The molecule has 7 heteroatoms. The van der Waals surface area contributed by atoms with Gasteiger partial charge in [0, 0.05) is 37.1 Å². The Morgan fingerprint density at radius 3 is 2.60 bits per heavy atom. The highest BCUT2D eigenvalue weighted by Gasteiger charge is 2.59. The molecule has 1 aliphatic carbocycles. The lowest BCUT2D eigenvalue weighted by Crippen LogP contribution is -2.63. The summed E-state index contributed by atoms with van der Waals surface area (Å²) in [6.07, 6.45) is 6.39. The van der Waals surface area contributed by atoms with Gasteiger partial charge in [0.25, 0.3) is 0 Å². The summed E-state index contributed by atoms with van der Waals surface area (Å²) in [7, 11) is 1.61. The number of ether oxygens (including phenoxy) is 2. The second-order valence-electron chi connectivity index (χ2n) is 8.03. The van der Waals surface area contributed by atoms with Crippen LogP contribution in [0.25, 0.3) is 0 Å². The minimum Gasteiger partial charge on any atom is -0.467 e. The normalized spacial score (nSPS) is 31.0. The van der Waals surface area contributed by atoms with E-state index in [0.717, 1.165) is 32.1 Å². The first kappa shape index (κ1) is 16.8. The predicted molar refractivity (Wildman–Crippen MR) is 96.1 cm³/mol. The van der Waals surface area contributed by atoms with Crippen molar-refractivity contribution in [2.24, 2.45) is 11.3 Å². The summed E-state index contributed by atoms with van der Waals surface area (Å²) in [5, 5.41) is 3.56. The minimum absolute atomic E-state index is 0.0871. The Balaban J connectivity index is 1.56. The summed E-state index contributed by atoms with van der Waals surface area (Å²) in [6.45, 7) is 7.37. The van der Waals surface area contributed by atoms with Gasteiger partial charge in [-0.05, 0) is 19.3 Å². The number of nitrogens with zero attached hydrogens (tertiary/aromatic N) is 4. The largest absolute Gasteiger partial charge is 0.467 e. The quantitative estimate of drug-likeness (QED) is 0.897. The fourth-order valence-corrected chi connectivity index (χ4v) is 4.67. The molecule has 0 spiro atoms. The van der Waals surface area contributed by atoms with E-state index >= 15 is 0 Å². The molecule has 0 amide bonds. The van der Waals surface area contributed by atoms with Gasteiger partial charge < -0.3 is 19.7 Å². The molecule has 4 rings (SSSR count). The highest BCUT2D eigenvalue weighted by Crippen LogP contribution is 2.53. The van der Waals surface area contributed by atoms with E-state index in [0.29, 0.717) is 30.0 Å². The van der Waals surface area contributed by atoms with Crippen molar-refractivity contribution >= 4 is 11.9 Å². The number of fused-ring (bicyclic) bond motifs is 1. The molecule has 0 aromatic carbocycles. The SMILES string of the molecule is COc1nc(NC2C3CCOC3C2(C)C)nc(N2CCCCCC2)n1. The average molecular weight is 347 g/mol. The second-order valence-corrected chi connectivity index (χ2v) is 8.03. The Kier molecular flexibility index (Phi) is 4.43. The van der Waals surface area contributed by atoms with E-state index in [4.69, 9.17) is 14.5 Å². The monoisotopic (exact) mass is 347 g/mol. The standard InChI is InChI=1S/C18H29N5O2/c1-18(2)13(12-8-11-25-14(12)18)19-15-20-16(22-17(21-15)24-3)23-9-6-4-5-7-10-23/h12-14H,4-11H2,1-3H3,(H,19,20,21,22). The van der Waals surface area contributed by atoms with Crippen LogP contribution in [-0.2, 0) is 4.74 Å². The van der Waals surface area contributed by atoms with Crippen LogP contribution in [0.3, 0.4) is 0 Å². The average Bonchev–Trinajstić information content (AvgIpc) is 2.90. The van der Waals surface area contributed by atoms with Crippen LogP contribution in [0.1, 0.15) is 46.0 Å². The highest BCUT2D eigenvalue weighted by atomic mass is 16.5. The third kappa shape index (κ3) is 3.03. The Morgan fingerprint density at radius 2 is 1.88 bits per heavy atom. The highest BCUT2D eigenvalue weighted by molar-refractivity contribution is 5.41. The van der Waals surface area contributed by atoms with E-state index in [-0.39, 0.29) is 5.41 Å². The predicted octanol–water partition coefficient (Wildman–Crippen LogP) is 2.49. The van der Waals surface area contributed by atoms with Crippen LogP contribution in [0.2, 0.25) is 0 Å². The maximum Gasteiger partial charge on any atom is 0.322 e. The number of hydrogen-bond donors (Lipinski definition) is 1. The lowest BCUT2D eigenvalue weighted by molar-refractivity contribution is -0.0925. The van der Waals surface area contributed by atoms with E-state index in [1.165, 1.54) is 25.7 Å². The maximum atomic E-state index is 5.89. The molecule has 2 saturated heterocycles. The van der Waals surface area contributed by atoms with Gasteiger partial charge in [-0.3, -0.25) is 0 Å². The Bertz CT molecular complexity index is 615. The molecule has 2 aliphatic heterocycles. The van der Waals surface area contributed by atoms with E-state index in [2.05, 4.69) is 34.0 Å². The van der Waals surface area contributed by atoms with E-state index in [9.17, 15) is 0 Å². The fraction of sp³-hybridized carbons (Fsp3) is 0.833. The molecule has 3 unspecified atom stereocenters. The van der Waals surface area contributed by atoms with E-state index < -0.39 is 0 Å². The van der Waals surface area contributed by atoms with Crippen LogP contribution in [0.4, 0.5) is 11.9 Å². The van der Waals surface area contributed by atoms with Crippen molar-refractivity contribution in [2.45, 2.75) is 58.1 Å². The van der Waals surface area contributed by atoms with Gasteiger partial charge >= 0.3 is 6.01 Å². The number of anilines is 2. The molecule has 1 saturated carbocycles. The summed E-state index contributed by atoms with van der Waals surface area (Å²) in [5.74, 6) is 1.89. The van der Waals surface area contributed by atoms with E-state index in [1.807, 2.05) is 0 Å². The van der Waals surface area contributed by atoms with Crippen LogP contribution < -0.4 is 15.0 Å². The van der Waals surface area contributed by atoms with Crippen LogP contribution in [0.15, 0.2) is 0 Å². The van der Waals surface area contributed by atoms with Crippen LogP contribution in [0, 0.1) is 11.3 Å². The van der Waals surface area contributed by atoms with Crippen molar-refractivity contribution in [3.8, 4) is 6.01 Å². The smallest absolute Gasteiger partial charge is 0.322 e. The molecule has 138 valence electrons. The van der Waals surface area contributed by atoms with Gasteiger partial charge in [0.2, 0.25) is 11.9 Å². The Morgan fingerprint density at radius 1 is 1.12 bits per heavy atom. The van der Waals surface area contributed by atoms with Crippen LogP contribution in [0.5, 0.6) is 6.01 Å². The molecule has 25 heavy (non-hydrogen) atoms. The summed E-state index contributed by atoms with van der Waals surface area (Å²) in [5.41, 5.74) is 0.0871. The first-order valence-corrected chi connectivity index (χ1v) is 9.53. The molecule has 3 heterocycles. The Hall–Kier alpha value is -1.63. The van der Waals surface area contributed by atoms with Gasteiger partial charge in [-0.15, -0.1) is 0 Å². The number of aromatic nitrogens is 3. The molecule has 1 aromatic rings. The number of nitrogens with one attached hydrogen (secondary N) is 1. The van der Waals surface area contributed by atoms with Crippen molar-refractivity contribution < 1.29 is 9.47 Å². The lowest BCUT2D eigenvalue weighted by atomic mass is 9.57. The van der Waals surface area contributed by atoms with Gasteiger partial charge in [0.1, 0.15) is 0 Å². The summed E-state index contributed by atoms with van der Waals surface area (Å²) in [6, 6.07) is 0.706. The second kappa shape index (κ2) is 6.59. The first-order chi connectivity index (χ1) is 12.1. The van der Waals surface area contributed by atoms with Crippen molar-refractivity contribution in [3.05, 3.63) is 0 Å². The maximum absolute atomic E-state index is 5.89. The molecular formula is C18H29N5O2. The van der Waals surface area contributed by atoms with E-state index in [1.54, 1.807) is 7.11 Å². The summed E-state index contributed by atoms with van der Waals surface area (Å²) in [4.78, 5) is 15.9. The molecule has 0 bridgehead atoms. The number of hydrogen-bond acceptors (Lipinski definition) is 7. The minimum atomic E-state index is 0.0871. The molecule has 3 fully saturated rings. The molecule has 3 aliphatic rings. The van der Waals surface area contributed by atoms with Crippen molar-refractivity contribution in [1.82, 2.24) is 15.0 Å². The van der Waals surface area contributed by atoms with Crippen molar-refractivity contribution in [1.29, 1.82) is 0 Å². The van der Waals surface area contributed by atoms with Gasteiger partial charge in [-0.25, -0.2) is 0 Å². The Labute approximate surface area is 149 Å². The van der Waals surface area contributed by atoms with Gasteiger partial charge in [-0.2, -0.15) is 15.0 Å². The topological polar surface area (TPSA) is 72.4 Å². The molecule has 3 atom stereocenters. The number of methoxy groups -OCH3 is 1. The lowest BCUT2D eigenvalue weighted by Gasteiger charge is -2.54. The zero-order chi connectivity index (χ0) is 17.4. The fourth-order valence-electron chi connectivity index (χ4n) is 4.67. The van der Waals surface area contributed by atoms with Crippen molar-refractivity contribution in [2.75, 3.05) is 37.0 Å². The van der Waals surface area contributed by atoms with Gasteiger partial charge in [-0.1, -0.05) is 26.7 Å². The van der Waals surface area contributed by atoms with Crippen LogP contribution >= 0.6 is 0 Å². The zero-order valence-corrected chi connectivity index (χ0v) is 15.5. The molecule has 0 radical (unpaired) electrons. The molecule has 7 nitrogen and oxygen atoms in total. The molecule has 1 aromatic heterocycles. The van der Waals surface area contributed by atoms with Gasteiger partial charge in [0.05, 0.1) is 13.2 Å². The van der Waals surface area contributed by atoms with Crippen LogP contribution in [-0.4, -0.2) is 53.9 Å².